The van der Waals surface area contributed by atoms with Crippen LogP contribution in [0.3, 0.4) is 0 Å². The maximum Gasteiger partial charge on any atom is 0.143 e. The van der Waals surface area contributed by atoms with E-state index in [-0.39, 0.29) is 0 Å². The van der Waals surface area contributed by atoms with Gasteiger partial charge in [-0.3, -0.25) is 0 Å². The van der Waals surface area contributed by atoms with Gasteiger partial charge in [-0.05, 0) is 47.4 Å². The summed E-state index contributed by atoms with van der Waals surface area (Å²) in [4.78, 5) is 2.43. The second-order valence-corrected chi connectivity index (χ2v) is 9.04. The lowest BCUT2D eigenvalue weighted by Crippen LogP contribution is -2.19. The molecular weight excluding hydrogens is 402 g/mol. The van der Waals surface area contributed by atoms with Gasteiger partial charge in [0.25, 0.3) is 0 Å². The molecule has 158 valence electrons. The van der Waals surface area contributed by atoms with Crippen LogP contribution in [-0.2, 0) is 0 Å². The highest BCUT2D eigenvalue weighted by Gasteiger charge is 2.39. The Labute approximate surface area is 193 Å². The molecule has 2 heteroatoms. The van der Waals surface area contributed by atoms with Crippen LogP contribution in [0.1, 0.15) is 24.0 Å². The van der Waals surface area contributed by atoms with Gasteiger partial charge in [0.15, 0.2) is 0 Å². The molecule has 0 fully saturated rings. The number of para-hydroxylation sites is 4. The van der Waals surface area contributed by atoms with E-state index >= 15 is 0 Å². The molecule has 0 spiro atoms. The van der Waals surface area contributed by atoms with Crippen molar-refractivity contribution in [1.29, 1.82) is 0 Å². The number of fused-ring (bicyclic) bond motifs is 6. The standard InChI is InChI=1S/C31H23NO/c1-20-18-21(23-14-9-15-25-24-12-6-8-17-29(24)33-31(23)25)19-28-30(20)26-13-5-7-16-27(26)32(28)22-10-3-2-4-11-22/h2-20,30H,1H3. The average molecular weight is 426 g/mol. The number of anilines is 2. The van der Waals surface area contributed by atoms with Gasteiger partial charge in [-0.1, -0.05) is 85.8 Å². The lowest BCUT2D eigenvalue weighted by Gasteiger charge is -2.29. The third kappa shape index (κ3) is 2.67. The minimum absolute atomic E-state index is 0.347. The molecule has 0 bridgehead atoms. The van der Waals surface area contributed by atoms with Crippen LogP contribution in [0, 0.1) is 5.92 Å². The second-order valence-electron chi connectivity index (χ2n) is 9.04. The first-order valence-corrected chi connectivity index (χ1v) is 11.6. The maximum absolute atomic E-state index is 6.37. The molecule has 2 heterocycles. The van der Waals surface area contributed by atoms with Crippen molar-refractivity contribution in [2.75, 3.05) is 4.90 Å². The lowest BCUT2D eigenvalue weighted by atomic mass is 9.80. The van der Waals surface area contributed by atoms with E-state index in [1.54, 1.807) is 0 Å². The van der Waals surface area contributed by atoms with Crippen molar-refractivity contribution in [2.24, 2.45) is 5.92 Å². The predicted molar refractivity (Wildman–Crippen MR) is 137 cm³/mol. The molecule has 7 rings (SSSR count). The summed E-state index contributed by atoms with van der Waals surface area (Å²) in [5.41, 5.74) is 9.51. The van der Waals surface area contributed by atoms with Crippen LogP contribution < -0.4 is 4.90 Å². The summed E-state index contributed by atoms with van der Waals surface area (Å²) >= 11 is 0. The number of rotatable bonds is 2. The topological polar surface area (TPSA) is 16.4 Å². The van der Waals surface area contributed by atoms with Crippen molar-refractivity contribution >= 4 is 38.9 Å². The van der Waals surface area contributed by atoms with Crippen molar-refractivity contribution in [1.82, 2.24) is 0 Å². The van der Waals surface area contributed by atoms with Crippen LogP contribution in [0.15, 0.2) is 119 Å². The van der Waals surface area contributed by atoms with Crippen LogP contribution >= 0.6 is 0 Å². The Hall–Kier alpha value is -4.04. The molecule has 1 aliphatic carbocycles. The quantitative estimate of drug-likeness (QED) is 0.282. The Morgan fingerprint density at radius 1 is 0.727 bits per heavy atom. The van der Waals surface area contributed by atoms with Gasteiger partial charge in [-0.25, -0.2) is 0 Å². The number of allylic oxidation sites excluding steroid dienone is 4. The maximum atomic E-state index is 6.37. The number of benzene rings is 4. The van der Waals surface area contributed by atoms with Crippen LogP contribution in [0.2, 0.25) is 0 Å². The van der Waals surface area contributed by atoms with Crippen LogP contribution in [-0.4, -0.2) is 0 Å². The van der Waals surface area contributed by atoms with Gasteiger partial charge in [0, 0.05) is 39.3 Å². The molecule has 2 atom stereocenters. The molecule has 4 aromatic carbocycles. The van der Waals surface area contributed by atoms with Gasteiger partial charge in [0.05, 0.1) is 0 Å². The predicted octanol–water partition coefficient (Wildman–Crippen LogP) is 8.44. The zero-order chi connectivity index (χ0) is 21.9. The number of nitrogens with zero attached hydrogens (tertiary/aromatic N) is 1. The van der Waals surface area contributed by atoms with Crippen LogP contribution in [0.4, 0.5) is 11.4 Å². The van der Waals surface area contributed by atoms with E-state index < -0.39 is 0 Å². The minimum Gasteiger partial charge on any atom is -0.455 e. The lowest BCUT2D eigenvalue weighted by molar-refractivity contribution is 0.620. The van der Waals surface area contributed by atoms with E-state index in [4.69, 9.17) is 4.42 Å². The average Bonchev–Trinajstić information content (AvgIpc) is 3.40. The molecule has 0 radical (unpaired) electrons. The molecule has 0 amide bonds. The SMILES string of the molecule is CC1C=C(c2cccc3c2oc2ccccc23)C=C2C1c1ccccc1N2c1ccccc1. The van der Waals surface area contributed by atoms with Gasteiger partial charge in [0.1, 0.15) is 11.2 Å². The van der Waals surface area contributed by atoms with E-state index in [2.05, 4.69) is 115 Å². The highest BCUT2D eigenvalue weighted by Crippen LogP contribution is 2.54. The molecule has 0 N–H and O–H groups in total. The minimum atomic E-state index is 0.347. The summed E-state index contributed by atoms with van der Waals surface area (Å²) in [5.74, 6) is 0.717. The highest BCUT2D eigenvalue weighted by molar-refractivity contribution is 6.09. The Bertz CT molecular complexity index is 1590. The zero-order valence-corrected chi connectivity index (χ0v) is 18.4. The number of hydrogen-bond donors (Lipinski definition) is 0. The molecule has 0 saturated heterocycles. The normalized spacial score (nSPS) is 19.4. The van der Waals surface area contributed by atoms with Crippen LogP contribution in [0.25, 0.3) is 27.5 Å². The largest absolute Gasteiger partial charge is 0.455 e. The Balaban J connectivity index is 1.44. The van der Waals surface area contributed by atoms with Crippen molar-refractivity contribution in [3.8, 4) is 0 Å². The highest BCUT2D eigenvalue weighted by atomic mass is 16.3. The van der Waals surface area contributed by atoms with Gasteiger partial charge >= 0.3 is 0 Å². The third-order valence-corrected chi connectivity index (χ3v) is 7.09. The van der Waals surface area contributed by atoms with E-state index in [1.165, 1.54) is 39.0 Å². The molecule has 2 unspecified atom stereocenters. The molecule has 2 aliphatic rings. The fourth-order valence-corrected chi connectivity index (χ4v) is 5.69. The first kappa shape index (κ1) is 18.5. The fourth-order valence-electron chi connectivity index (χ4n) is 5.69. The third-order valence-electron chi connectivity index (χ3n) is 7.09. The van der Waals surface area contributed by atoms with Crippen LogP contribution in [0.5, 0.6) is 0 Å². The zero-order valence-electron chi connectivity index (χ0n) is 18.4. The fraction of sp³-hybridized carbons (Fsp3) is 0.0968. The first-order valence-electron chi connectivity index (χ1n) is 11.6. The summed E-state index contributed by atoms with van der Waals surface area (Å²) in [6, 6.07) is 34.3. The van der Waals surface area contributed by atoms with Crippen molar-refractivity contribution in [3.63, 3.8) is 0 Å². The Morgan fingerprint density at radius 2 is 1.48 bits per heavy atom. The van der Waals surface area contributed by atoms with Gasteiger partial charge < -0.3 is 9.32 Å². The number of furan rings is 1. The molecule has 2 nitrogen and oxygen atoms in total. The summed E-state index contributed by atoms with van der Waals surface area (Å²) in [6.45, 7) is 2.34. The van der Waals surface area contributed by atoms with E-state index in [0.29, 0.717) is 11.8 Å². The smallest absolute Gasteiger partial charge is 0.143 e. The molecule has 1 aliphatic heterocycles. The molecule has 1 aromatic heterocycles. The summed E-state index contributed by atoms with van der Waals surface area (Å²) in [6.07, 6.45) is 4.79. The van der Waals surface area contributed by atoms with Gasteiger partial charge in [-0.2, -0.15) is 0 Å². The van der Waals surface area contributed by atoms with Gasteiger partial charge in [0.2, 0.25) is 0 Å². The summed E-state index contributed by atoms with van der Waals surface area (Å²) in [5, 5.41) is 2.34. The Kier molecular flexibility index (Phi) is 3.92. The molecule has 0 saturated carbocycles. The van der Waals surface area contributed by atoms with E-state index in [1.807, 2.05) is 6.07 Å². The monoisotopic (exact) mass is 425 g/mol. The molecule has 33 heavy (non-hydrogen) atoms. The van der Waals surface area contributed by atoms with E-state index in [0.717, 1.165) is 16.7 Å². The van der Waals surface area contributed by atoms with Crippen molar-refractivity contribution < 1.29 is 4.42 Å². The second kappa shape index (κ2) is 6.98. The molecular formula is C31H23NO. The van der Waals surface area contributed by atoms with Crippen molar-refractivity contribution in [2.45, 2.75) is 12.8 Å². The summed E-state index contributed by atoms with van der Waals surface area (Å²) in [7, 11) is 0. The summed E-state index contributed by atoms with van der Waals surface area (Å²) < 4.78 is 6.37. The Morgan fingerprint density at radius 3 is 2.39 bits per heavy atom. The van der Waals surface area contributed by atoms with Crippen molar-refractivity contribution in [3.05, 3.63) is 126 Å². The number of hydrogen-bond acceptors (Lipinski definition) is 2. The molecule has 5 aromatic rings. The van der Waals surface area contributed by atoms with Gasteiger partial charge in [-0.15, -0.1) is 0 Å². The van der Waals surface area contributed by atoms with E-state index in [9.17, 15) is 0 Å². The first-order chi connectivity index (χ1) is 16.3.